The molecule has 1 aromatic carbocycles. The normalized spacial score (nSPS) is 12.7. The van der Waals surface area contributed by atoms with Gasteiger partial charge in [0.1, 0.15) is 0 Å². The quantitative estimate of drug-likeness (QED) is 0.768. The largest absolute Gasteiger partial charge is 0.398 e. The van der Waals surface area contributed by atoms with Gasteiger partial charge in [-0.25, -0.2) is 0 Å². The van der Waals surface area contributed by atoms with Crippen LogP contribution in [-0.4, -0.2) is 23.7 Å². The summed E-state index contributed by atoms with van der Waals surface area (Å²) < 4.78 is 16.6. The van der Waals surface area contributed by atoms with Crippen molar-refractivity contribution in [1.82, 2.24) is 0 Å². The molecule has 0 spiro atoms. The molecule has 0 aliphatic rings. The van der Waals surface area contributed by atoms with Crippen molar-refractivity contribution in [3.63, 3.8) is 0 Å². The third-order valence-electron chi connectivity index (χ3n) is 1.88. The number of hydrogen-bond donors (Lipinski definition) is 1. The highest BCUT2D eigenvalue weighted by Gasteiger charge is 2.07. The van der Waals surface area contributed by atoms with Gasteiger partial charge in [-0.2, -0.15) is 0 Å². The van der Waals surface area contributed by atoms with Gasteiger partial charge in [0.05, 0.1) is 28.1 Å². The van der Waals surface area contributed by atoms with Gasteiger partial charge in [0, 0.05) is 12.8 Å². The summed E-state index contributed by atoms with van der Waals surface area (Å²) in [6, 6.07) is 5.56. The summed E-state index contributed by atoms with van der Waals surface area (Å²) in [5.41, 5.74) is 7.44. The van der Waals surface area contributed by atoms with Gasteiger partial charge >= 0.3 is 0 Å². The zero-order valence-corrected chi connectivity index (χ0v) is 9.26. The van der Waals surface area contributed by atoms with Gasteiger partial charge in [0.25, 0.3) is 0 Å². The van der Waals surface area contributed by atoms with Crippen LogP contribution in [0.15, 0.2) is 23.1 Å². The second-order valence-electron chi connectivity index (χ2n) is 3.08. The van der Waals surface area contributed by atoms with E-state index in [0.29, 0.717) is 22.9 Å². The molecule has 1 atom stereocenters. The van der Waals surface area contributed by atoms with E-state index in [4.69, 9.17) is 10.5 Å². The first kappa shape index (κ1) is 11.2. The molecule has 78 valence electrons. The van der Waals surface area contributed by atoms with Crippen LogP contribution in [0.5, 0.6) is 0 Å². The first-order valence-electron chi connectivity index (χ1n) is 4.38. The Hall–Kier alpha value is -0.870. The number of nitrogen functional groups attached to an aromatic ring is 1. The molecule has 3 nitrogen and oxygen atoms in total. The Labute approximate surface area is 86.7 Å². The summed E-state index contributed by atoms with van der Waals surface area (Å²) in [4.78, 5) is 0.702. The Kier molecular flexibility index (Phi) is 4.10. The second kappa shape index (κ2) is 5.12. The lowest BCUT2D eigenvalue weighted by Crippen LogP contribution is -2.06. The summed E-state index contributed by atoms with van der Waals surface area (Å²) in [6.45, 7) is 2.44. The van der Waals surface area contributed by atoms with Gasteiger partial charge in [-0.15, -0.1) is 0 Å². The molecule has 0 aliphatic carbocycles. The lowest BCUT2D eigenvalue weighted by Gasteiger charge is -2.05. The number of methoxy groups -OCH3 is 1. The number of hydrogen-bond acceptors (Lipinski definition) is 3. The molecule has 0 radical (unpaired) electrons. The molecular formula is C10H15NO2S. The maximum atomic E-state index is 11.7. The Bertz CT molecular complexity index is 339. The molecule has 1 rings (SSSR count). The lowest BCUT2D eigenvalue weighted by molar-refractivity contribution is 0.218. The highest BCUT2D eigenvalue weighted by molar-refractivity contribution is 7.85. The SMILES string of the molecule is COCCS(=O)c1ccc(C)cc1N. The van der Waals surface area contributed by atoms with Crippen molar-refractivity contribution in [1.29, 1.82) is 0 Å². The fourth-order valence-electron chi connectivity index (χ4n) is 1.14. The minimum atomic E-state index is -1.05. The Morgan fingerprint density at radius 2 is 2.21 bits per heavy atom. The first-order chi connectivity index (χ1) is 6.65. The molecule has 1 unspecified atom stereocenters. The zero-order chi connectivity index (χ0) is 10.6. The molecule has 0 aromatic heterocycles. The lowest BCUT2D eigenvalue weighted by atomic mass is 10.2. The van der Waals surface area contributed by atoms with Gasteiger partial charge < -0.3 is 10.5 Å². The van der Waals surface area contributed by atoms with Crippen LogP contribution >= 0.6 is 0 Å². The van der Waals surface area contributed by atoms with Crippen LogP contribution in [0.4, 0.5) is 5.69 Å². The van der Waals surface area contributed by atoms with Crippen molar-refractivity contribution in [2.24, 2.45) is 0 Å². The van der Waals surface area contributed by atoms with Crippen LogP contribution < -0.4 is 5.73 Å². The molecular weight excluding hydrogens is 198 g/mol. The maximum Gasteiger partial charge on any atom is 0.0618 e. The van der Waals surface area contributed by atoms with E-state index in [0.717, 1.165) is 5.56 Å². The fraction of sp³-hybridized carbons (Fsp3) is 0.400. The average Bonchev–Trinajstić information content (AvgIpc) is 2.14. The van der Waals surface area contributed by atoms with Crippen LogP contribution in [0.3, 0.4) is 0 Å². The van der Waals surface area contributed by atoms with Crippen molar-refractivity contribution >= 4 is 16.5 Å². The van der Waals surface area contributed by atoms with Gasteiger partial charge in [0.15, 0.2) is 0 Å². The third-order valence-corrected chi connectivity index (χ3v) is 3.28. The van der Waals surface area contributed by atoms with E-state index in [-0.39, 0.29) is 0 Å². The summed E-state index contributed by atoms with van der Waals surface area (Å²) >= 11 is 0. The molecule has 0 amide bonds. The number of benzene rings is 1. The first-order valence-corrected chi connectivity index (χ1v) is 5.70. The van der Waals surface area contributed by atoms with Crippen LogP contribution in [0.2, 0.25) is 0 Å². The van der Waals surface area contributed by atoms with Gasteiger partial charge in [-0.1, -0.05) is 6.07 Å². The fourth-order valence-corrected chi connectivity index (χ4v) is 2.22. The van der Waals surface area contributed by atoms with Crippen LogP contribution in [0.1, 0.15) is 5.56 Å². The van der Waals surface area contributed by atoms with Crippen molar-refractivity contribution < 1.29 is 8.95 Å². The molecule has 0 bridgehead atoms. The van der Waals surface area contributed by atoms with E-state index in [9.17, 15) is 4.21 Å². The van der Waals surface area contributed by atoms with Crippen LogP contribution in [0.25, 0.3) is 0 Å². The number of rotatable bonds is 4. The van der Waals surface area contributed by atoms with Gasteiger partial charge in [-0.05, 0) is 24.6 Å². The topological polar surface area (TPSA) is 52.3 Å². The maximum absolute atomic E-state index is 11.7. The third kappa shape index (κ3) is 2.82. The summed E-state index contributed by atoms with van der Waals surface area (Å²) in [5.74, 6) is 0.490. The molecule has 0 aliphatic heterocycles. The van der Waals surface area contributed by atoms with Crippen molar-refractivity contribution in [3.05, 3.63) is 23.8 Å². The van der Waals surface area contributed by atoms with Gasteiger partial charge in [0.2, 0.25) is 0 Å². The summed E-state index contributed by atoms with van der Waals surface area (Å²) in [5, 5.41) is 0. The molecule has 2 N–H and O–H groups in total. The molecule has 0 heterocycles. The van der Waals surface area contributed by atoms with E-state index in [1.807, 2.05) is 25.1 Å². The summed E-state index contributed by atoms with van der Waals surface area (Å²) in [6.07, 6.45) is 0. The highest BCUT2D eigenvalue weighted by atomic mass is 32.2. The van der Waals surface area contributed by atoms with Crippen LogP contribution in [-0.2, 0) is 15.5 Å². The average molecular weight is 213 g/mol. The minimum Gasteiger partial charge on any atom is -0.398 e. The van der Waals surface area contributed by atoms with E-state index in [2.05, 4.69) is 0 Å². The molecule has 0 saturated heterocycles. The summed E-state index contributed by atoms with van der Waals surface area (Å²) in [7, 11) is 0.540. The van der Waals surface area contributed by atoms with Gasteiger partial charge in [-0.3, -0.25) is 4.21 Å². The number of nitrogens with two attached hydrogens (primary N) is 1. The number of ether oxygens (including phenoxy) is 1. The molecule has 14 heavy (non-hydrogen) atoms. The Morgan fingerprint density at radius 1 is 1.50 bits per heavy atom. The molecule has 0 saturated carbocycles. The van der Waals surface area contributed by atoms with Crippen molar-refractivity contribution in [2.45, 2.75) is 11.8 Å². The Morgan fingerprint density at radius 3 is 2.79 bits per heavy atom. The predicted octanol–water partition coefficient (Wildman–Crippen LogP) is 1.33. The van der Waals surface area contributed by atoms with E-state index < -0.39 is 10.8 Å². The monoisotopic (exact) mass is 213 g/mol. The van der Waals surface area contributed by atoms with E-state index in [1.54, 1.807) is 7.11 Å². The van der Waals surface area contributed by atoms with Crippen molar-refractivity contribution in [2.75, 3.05) is 25.2 Å². The minimum absolute atomic E-state index is 0.486. The molecule has 0 fully saturated rings. The Balaban J connectivity index is 2.80. The highest BCUT2D eigenvalue weighted by Crippen LogP contribution is 2.17. The number of anilines is 1. The second-order valence-corrected chi connectivity index (χ2v) is 4.62. The standard InChI is InChI=1S/C10H15NO2S/c1-8-3-4-10(9(11)7-8)14(12)6-5-13-2/h3-4,7H,5-6,11H2,1-2H3. The zero-order valence-electron chi connectivity index (χ0n) is 8.45. The molecule has 4 heteroatoms. The predicted molar refractivity (Wildman–Crippen MR) is 58.7 cm³/mol. The number of aryl methyl sites for hydroxylation is 1. The van der Waals surface area contributed by atoms with Crippen LogP contribution in [0, 0.1) is 6.92 Å². The van der Waals surface area contributed by atoms with E-state index in [1.165, 1.54) is 0 Å². The smallest absolute Gasteiger partial charge is 0.0618 e. The van der Waals surface area contributed by atoms with E-state index >= 15 is 0 Å². The van der Waals surface area contributed by atoms with Crippen molar-refractivity contribution in [3.8, 4) is 0 Å². The molecule has 1 aromatic rings.